The van der Waals surface area contributed by atoms with E-state index in [2.05, 4.69) is 37.3 Å². The third-order valence-corrected chi connectivity index (χ3v) is 4.95. The van der Waals surface area contributed by atoms with Gasteiger partial charge in [-0.1, -0.05) is 43.7 Å². The molecule has 2 aliphatic carbocycles. The normalized spacial score (nSPS) is 42.2. The second-order valence-corrected chi connectivity index (χ2v) is 5.63. The SMILES string of the molecule is C[C@@H]1[C@@H]2CCC[C@@H]([C@H]2N)[C@@H]1c1ccccc1. The Hall–Kier alpha value is -0.820. The first-order valence-electron chi connectivity index (χ1n) is 6.59. The molecule has 1 aromatic carbocycles. The molecule has 0 aromatic heterocycles. The summed E-state index contributed by atoms with van der Waals surface area (Å²) in [7, 11) is 0. The Morgan fingerprint density at radius 1 is 1.06 bits per heavy atom. The summed E-state index contributed by atoms with van der Waals surface area (Å²) < 4.78 is 0. The number of rotatable bonds is 1. The molecule has 0 aliphatic heterocycles. The van der Waals surface area contributed by atoms with E-state index in [1.165, 1.54) is 24.8 Å². The summed E-state index contributed by atoms with van der Waals surface area (Å²) >= 11 is 0. The van der Waals surface area contributed by atoms with E-state index in [4.69, 9.17) is 5.73 Å². The van der Waals surface area contributed by atoms with Crippen LogP contribution in [0.3, 0.4) is 0 Å². The highest BCUT2D eigenvalue weighted by molar-refractivity contribution is 5.25. The van der Waals surface area contributed by atoms with Crippen LogP contribution in [0.2, 0.25) is 0 Å². The fourth-order valence-electron chi connectivity index (χ4n) is 4.21. The quantitative estimate of drug-likeness (QED) is 0.765. The molecule has 2 N–H and O–H groups in total. The van der Waals surface area contributed by atoms with Crippen molar-refractivity contribution in [2.45, 2.75) is 38.1 Å². The summed E-state index contributed by atoms with van der Waals surface area (Å²) in [5, 5.41) is 0. The van der Waals surface area contributed by atoms with Crippen LogP contribution in [0.25, 0.3) is 0 Å². The molecule has 0 amide bonds. The highest BCUT2D eigenvalue weighted by Gasteiger charge is 2.48. The van der Waals surface area contributed by atoms with Gasteiger partial charge in [0.15, 0.2) is 0 Å². The molecule has 0 unspecified atom stereocenters. The van der Waals surface area contributed by atoms with Gasteiger partial charge in [0.2, 0.25) is 0 Å². The number of hydrogen-bond donors (Lipinski definition) is 1. The average molecular weight is 215 g/mol. The topological polar surface area (TPSA) is 26.0 Å². The molecular formula is C15H21N. The molecule has 0 heterocycles. The summed E-state index contributed by atoms with van der Waals surface area (Å²) in [6, 6.07) is 11.5. The van der Waals surface area contributed by atoms with Crippen molar-refractivity contribution in [1.82, 2.24) is 0 Å². The van der Waals surface area contributed by atoms with Crippen LogP contribution in [0, 0.1) is 17.8 Å². The Labute approximate surface area is 98.0 Å². The van der Waals surface area contributed by atoms with Crippen molar-refractivity contribution >= 4 is 0 Å². The van der Waals surface area contributed by atoms with Crippen molar-refractivity contribution in [3.05, 3.63) is 35.9 Å². The molecule has 1 aromatic rings. The van der Waals surface area contributed by atoms with Gasteiger partial charge in [-0.15, -0.1) is 0 Å². The van der Waals surface area contributed by atoms with E-state index in [-0.39, 0.29) is 0 Å². The molecular weight excluding hydrogens is 194 g/mol. The zero-order valence-corrected chi connectivity index (χ0v) is 9.97. The number of benzene rings is 1. The third-order valence-electron chi connectivity index (χ3n) is 4.95. The van der Waals surface area contributed by atoms with Crippen molar-refractivity contribution in [2.24, 2.45) is 23.5 Å². The van der Waals surface area contributed by atoms with Gasteiger partial charge >= 0.3 is 0 Å². The summed E-state index contributed by atoms with van der Waals surface area (Å²) in [6.07, 6.45) is 4.07. The van der Waals surface area contributed by atoms with Gasteiger partial charge in [0.1, 0.15) is 0 Å². The van der Waals surface area contributed by atoms with E-state index in [0.29, 0.717) is 12.0 Å². The van der Waals surface area contributed by atoms with E-state index in [9.17, 15) is 0 Å². The minimum atomic E-state index is 0.453. The second-order valence-electron chi connectivity index (χ2n) is 5.63. The molecule has 2 fully saturated rings. The Balaban J connectivity index is 1.96. The number of hydrogen-bond acceptors (Lipinski definition) is 1. The summed E-state index contributed by atoms with van der Waals surface area (Å²) in [4.78, 5) is 0. The van der Waals surface area contributed by atoms with E-state index in [1.54, 1.807) is 0 Å². The van der Waals surface area contributed by atoms with Crippen molar-refractivity contribution in [1.29, 1.82) is 0 Å². The highest BCUT2D eigenvalue weighted by atomic mass is 14.7. The lowest BCUT2D eigenvalue weighted by molar-refractivity contribution is 0.284. The van der Waals surface area contributed by atoms with E-state index in [0.717, 1.165) is 17.8 Å². The van der Waals surface area contributed by atoms with Crippen LogP contribution in [-0.4, -0.2) is 6.04 Å². The number of fused-ring (bicyclic) bond motifs is 2. The molecule has 2 aliphatic rings. The molecule has 0 radical (unpaired) electrons. The summed E-state index contributed by atoms with van der Waals surface area (Å²) in [5.41, 5.74) is 7.92. The first kappa shape index (κ1) is 10.3. The molecule has 86 valence electrons. The van der Waals surface area contributed by atoms with Gasteiger partial charge in [-0.05, 0) is 42.1 Å². The predicted octanol–water partition coefficient (Wildman–Crippen LogP) is 3.16. The smallest absolute Gasteiger partial charge is 0.0104 e. The predicted molar refractivity (Wildman–Crippen MR) is 67.2 cm³/mol. The lowest BCUT2D eigenvalue weighted by Gasteiger charge is -2.28. The van der Waals surface area contributed by atoms with Crippen molar-refractivity contribution < 1.29 is 0 Å². The molecule has 0 spiro atoms. The highest BCUT2D eigenvalue weighted by Crippen LogP contribution is 2.53. The number of nitrogens with two attached hydrogens (primary N) is 1. The molecule has 2 saturated carbocycles. The Morgan fingerprint density at radius 2 is 1.75 bits per heavy atom. The van der Waals surface area contributed by atoms with Gasteiger partial charge < -0.3 is 5.73 Å². The van der Waals surface area contributed by atoms with Crippen LogP contribution in [0.1, 0.15) is 37.7 Å². The Bertz CT molecular complexity index is 359. The molecule has 3 rings (SSSR count). The van der Waals surface area contributed by atoms with Crippen molar-refractivity contribution in [2.75, 3.05) is 0 Å². The maximum atomic E-state index is 6.40. The van der Waals surface area contributed by atoms with Crippen LogP contribution >= 0.6 is 0 Å². The molecule has 0 saturated heterocycles. The largest absolute Gasteiger partial charge is 0.327 e. The minimum Gasteiger partial charge on any atom is -0.327 e. The van der Waals surface area contributed by atoms with Gasteiger partial charge in [-0.25, -0.2) is 0 Å². The maximum absolute atomic E-state index is 6.40. The van der Waals surface area contributed by atoms with Crippen LogP contribution in [-0.2, 0) is 0 Å². The first-order chi connectivity index (χ1) is 7.79. The molecule has 2 bridgehead atoms. The third kappa shape index (κ3) is 1.41. The van der Waals surface area contributed by atoms with Crippen molar-refractivity contribution in [3.63, 3.8) is 0 Å². The zero-order valence-electron chi connectivity index (χ0n) is 9.97. The van der Waals surface area contributed by atoms with Gasteiger partial charge in [0.25, 0.3) is 0 Å². The lowest BCUT2D eigenvalue weighted by Crippen LogP contribution is -2.35. The van der Waals surface area contributed by atoms with E-state index in [1.807, 2.05) is 0 Å². The minimum absolute atomic E-state index is 0.453. The van der Waals surface area contributed by atoms with Gasteiger partial charge in [0.05, 0.1) is 0 Å². The fourth-order valence-corrected chi connectivity index (χ4v) is 4.21. The average Bonchev–Trinajstić information content (AvgIpc) is 2.48. The van der Waals surface area contributed by atoms with Gasteiger partial charge in [0, 0.05) is 6.04 Å². The molecule has 1 heteroatoms. The van der Waals surface area contributed by atoms with Gasteiger partial charge in [-0.3, -0.25) is 0 Å². The van der Waals surface area contributed by atoms with Gasteiger partial charge in [-0.2, -0.15) is 0 Å². The summed E-state index contributed by atoms with van der Waals surface area (Å²) in [6.45, 7) is 2.41. The summed E-state index contributed by atoms with van der Waals surface area (Å²) in [5.74, 6) is 2.98. The van der Waals surface area contributed by atoms with E-state index < -0.39 is 0 Å². The first-order valence-corrected chi connectivity index (χ1v) is 6.59. The van der Waals surface area contributed by atoms with Crippen LogP contribution in [0.4, 0.5) is 0 Å². The van der Waals surface area contributed by atoms with Crippen LogP contribution < -0.4 is 5.73 Å². The standard InChI is InChI=1S/C15H21N/c1-10-12-8-5-9-13(15(12)16)14(10)11-6-3-2-4-7-11/h2-4,6-7,10,12-15H,5,8-9,16H2,1H3/t10-,12+,13-,14+,15+/m1/s1. The van der Waals surface area contributed by atoms with E-state index >= 15 is 0 Å². The molecule has 1 nitrogen and oxygen atoms in total. The molecule has 5 atom stereocenters. The van der Waals surface area contributed by atoms with Crippen LogP contribution in [0.5, 0.6) is 0 Å². The monoisotopic (exact) mass is 215 g/mol. The second kappa shape index (κ2) is 3.89. The van der Waals surface area contributed by atoms with Crippen molar-refractivity contribution in [3.8, 4) is 0 Å². The zero-order chi connectivity index (χ0) is 11.1. The van der Waals surface area contributed by atoms with Crippen LogP contribution in [0.15, 0.2) is 30.3 Å². The Morgan fingerprint density at radius 3 is 2.44 bits per heavy atom. The fraction of sp³-hybridized carbons (Fsp3) is 0.600. The Kier molecular flexibility index (Phi) is 2.51. The lowest BCUT2D eigenvalue weighted by atomic mass is 9.81. The molecule has 16 heavy (non-hydrogen) atoms. The maximum Gasteiger partial charge on any atom is 0.0104 e.